The monoisotopic (exact) mass is 246 g/mol. The molecule has 0 aromatic heterocycles. The molecule has 1 saturated carbocycles. The van der Waals surface area contributed by atoms with E-state index >= 15 is 0 Å². The summed E-state index contributed by atoms with van der Waals surface area (Å²) in [5.74, 6) is 2.47. The first-order valence-electron chi connectivity index (χ1n) is 6.65. The topological polar surface area (TPSA) is 59.1 Å². The molecule has 98 valence electrons. The lowest BCUT2D eigenvalue weighted by molar-refractivity contribution is 0.101. The van der Waals surface area contributed by atoms with E-state index in [1.54, 1.807) is 0 Å². The van der Waals surface area contributed by atoms with Crippen LogP contribution in [0.3, 0.4) is 0 Å². The van der Waals surface area contributed by atoms with E-state index in [2.05, 4.69) is 13.8 Å². The maximum Gasteiger partial charge on any atom is 0.122 e. The third kappa shape index (κ3) is 3.25. The van der Waals surface area contributed by atoms with Crippen molar-refractivity contribution in [3.05, 3.63) is 29.8 Å². The van der Waals surface area contributed by atoms with E-state index < -0.39 is 0 Å². The number of hydrogen-bond acceptors (Lipinski definition) is 2. The molecule has 1 fully saturated rings. The molecule has 1 aliphatic rings. The van der Waals surface area contributed by atoms with Gasteiger partial charge in [0.2, 0.25) is 0 Å². The number of amidine groups is 1. The van der Waals surface area contributed by atoms with Gasteiger partial charge in [0, 0.05) is 5.56 Å². The Morgan fingerprint density at radius 2 is 1.67 bits per heavy atom. The molecule has 1 aromatic rings. The van der Waals surface area contributed by atoms with Crippen molar-refractivity contribution < 1.29 is 4.74 Å². The van der Waals surface area contributed by atoms with E-state index in [1.807, 2.05) is 24.3 Å². The maximum atomic E-state index is 7.35. The first kappa shape index (κ1) is 12.9. The molecule has 2 unspecified atom stereocenters. The largest absolute Gasteiger partial charge is 0.490 e. The second-order valence-electron chi connectivity index (χ2n) is 5.60. The van der Waals surface area contributed by atoms with Crippen molar-refractivity contribution in [2.75, 3.05) is 0 Å². The van der Waals surface area contributed by atoms with Gasteiger partial charge >= 0.3 is 0 Å². The third-order valence-electron chi connectivity index (χ3n) is 3.60. The van der Waals surface area contributed by atoms with Gasteiger partial charge in [-0.05, 0) is 55.4 Å². The van der Waals surface area contributed by atoms with Crippen molar-refractivity contribution in [3.63, 3.8) is 0 Å². The van der Waals surface area contributed by atoms with Crippen molar-refractivity contribution in [1.82, 2.24) is 0 Å². The van der Waals surface area contributed by atoms with Crippen LogP contribution >= 0.6 is 0 Å². The van der Waals surface area contributed by atoms with Crippen molar-refractivity contribution >= 4 is 5.84 Å². The Morgan fingerprint density at radius 1 is 1.11 bits per heavy atom. The number of benzene rings is 1. The van der Waals surface area contributed by atoms with Crippen LogP contribution in [0.4, 0.5) is 0 Å². The summed E-state index contributed by atoms with van der Waals surface area (Å²) in [4.78, 5) is 0. The summed E-state index contributed by atoms with van der Waals surface area (Å²) in [6.07, 6.45) is 3.91. The summed E-state index contributed by atoms with van der Waals surface area (Å²) >= 11 is 0. The molecule has 0 saturated heterocycles. The smallest absolute Gasteiger partial charge is 0.122 e. The molecule has 3 N–H and O–H groups in total. The molecule has 2 atom stereocenters. The normalized spacial score (nSPS) is 27.8. The van der Waals surface area contributed by atoms with Crippen molar-refractivity contribution in [1.29, 1.82) is 5.41 Å². The molecule has 0 radical (unpaired) electrons. The molecule has 18 heavy (non-hydrogen) atoms. The molecule has 3 heteroatoms. The van der Waals surface area contributed by atoms with Crippen LogP contribution in [-0.4, -0.2) is 11.9 Å². The predicted molar refractivity (Wildman–Crippen MR) is 74.1 cm³/mol. The molecule has 1 aromatic carbocycles. The van der Waals surface area contributed by atoms with Gasteiger partial charge in [0.15, 0.2) is 0 Å². The van der Waals surface area contributed by atoms with Crippen LogP contribution in [0.15, 0.2) is 24.3 Å². The highest BCUT2D eigenvalue weighted by atomic mass is 16.5. The van der Waals surface area contributed by atoms with E-state index in [-0.39, 0.29) is 5.84 Å². The fourth-order valence-corrected chi connectivity index (χ4v) is 2.87. The van der Waals surface area contributed by atoms with Crippen molar-refractivity contribution in [3.8, 4) is 5.75 Å². The molecular formula is C15H22N2O. The predicted octanol–water partition coefficient (Wildman–Crippen LogP) is 3.17. The van der Waals surface area contributed by atoms with Crippen LogP contribution in [0.1, 0.15) is 38.7 Å². The Hall–Kier alpha value is -1.51. The SMILES string of the molecule is CC1CC(C)CC(Oc2ccc(C(=N)N)cc2)C1. The van der Waals surface area contributed by atoms with Gasteiger partial charge in [0.1, 0.15) is 11.6 Å². The number of ether oxygens (including phenoxy) is 1. The number of nitrogens with one attached hydrogen (secondary N) is 1. The van der Waals surface area contributed by atoms with Gasteiger partial charge in [-0.2, -0.15) is 0 Å². The highest BCUT2D eigenvalue weighted by Crippen LogP contribution is 2.31. The van der Waals surface area contributed by atoms with Crippen LogP contribution in [0.5, 0.6) is 5.75 Å². The summed E-state index contributed by atoms with van der Waals surface area (Å²) in [5.41, 5.74) is 6.17. The Bertz CT molecular complexity index is 403. The van der Waals surface area contributed by atoms with Gasteiger partial charge in [-0.3, -0.25) is 5.41 Å². The molecule has 0 heterocycles. The zero-order chi connectivity index (χ0) is 13.1. The first-order valence-corrected chi connectivity index (χ1v) is 6.65. The van der Waals surface area contributed by atoms with Crippen molar-refractivity contribution in [2.24, 2.45) is 17.6 Å². The molecule has 2 rings (SSSR count). The minimum Gasteiger partial charge on any atom is -0.490 e. The maximum absolute atomic E-state index is 7.35. The van der Waals surface area contributed by atoms with Gasteiger partial charge in [-0.1, -0.05) is 13.8 Å². The summed E-state index contributed by atoms with van der Waals surface area (Å²) < 4.78 is 6.02. The first-order chi connectivity index (χ1) is 8.54. The number of rotatable bonds is 3. The lowest BCUT2D eigenvalue weighted by Crippen LogP contribution is -2.28. The van der Waals surface area contributed by atoms with Gasteiger partial charge in [0.25, 0.3) is 0 Å². The summed E-state index contributed by atoms with van der Waals surface area (Å²) in [6, 6.07) is 7.49. The van der Waals surface area contributed by atoms with E-state index in [0.717, 1.165) is 36.0 Å². The van der Waals surface area contributed by atoms with E-state index in [1.165, 1.54) is 6.42 Å². The van der Waals surface area contributed by atoms with E-state index in [4.69, 9.17) is 15.9 Å². The van der Waals surface area contributed by atoms with Gasteiger partial charge < -0.3 is 10.5 Å². The van der Waals surface area contributed by atoms with Gasteiger partial charge in [-0.25, -0.2) is 0 Å². The molecule has 0 bridgehead atoms. The zero-order valence-electron chi connectivity index (χ0n) is 11.1. The molecule has 3 nitrogen and oxygen atoms in total. The fourth-order valence-electron chi connectivity index (χ4n) is 2.87. The fraction of sp³-hybridized carbons (Fsp3) is 0.533. The lowest BCUT2D eigenvalue weighted by Gasteiger charge is -2.31. The molecule has 1 aliphatic carbocycles. The molecular weight excluding hydrogens is 224 g/mol. The Kier molecular flexibility index (Phi) is 3.90. The van der Waals surface area contributed by atoms with Gasteiger partial charge in [-0.15, -0.1) is 0 Å². The van der Waals surface area contributed by atoms with Crippen LogP contribution in [0.2, 0.25) is 0 Å². The molecule has 0 aliphatic heterocycles. The zero-order valence-corrected chi connectivity index (χ0v) is 11.1. The third-order valence-corrected chi connectivity index (χ3v) is 3.60. The second kappa shape index (κ2) is 5.42. The summed E-state index contributed by atoms with van der Waals surface area (Å²) in [6.45, 7) is 4.59. The quantitative estimate of drug-likeness (QED) is 0.635. The summed E-state index contributed by atoms with van der Waals surface area (Å²) in [5, 5.41) is 7.35. The van der Waals surface area contributed by atoms with E-state index in [9.17, 15) is 0 Å². The standard InChI is InChI=1S/C15H22N2O/c1-10-7-11(2)9-14(8-10)18-13-5-3-12(4-6-13)15(16)17/h3-6,10-11,14H,7-9H2,1-2H3,(H3,16,17). The second-order valence-corrected chi connectivity index (χ2v) is 5.60. The van der Waals surface area contributed by atoms with Crippen LogP contribution in [-0.2, 0) is 0 Å². The minimum atomic E-state index is 0.0986. The van der Waals surface area contributed by atoms with E-state index in [0.29, 0.717) is 6.10 Å². The Labute approximate surface area is 109 Å². The number of nitrogen functional groups attached to an aromatic ring is 1. The van der Waals surface area contributed by atoms with Crippen LogP contribution in [0.25, 0.3) is 0 Å². The van der Waals surface area contributed by atoms with Gasteiger partial charge in [0.05, 0.1) is 6.10 Å². The lowest BCUT2D eigenvalue weighted by atomic mass is 9.82. The minimum absolute atomic E-state index is 0.0986. The summed E-state index contributed by atoms with van der Waals surface area (Å²) in [7, 11) is 0. The molecule has 0 amide bonds. The average molecular weight is 246 g/mol. The van der Waals surface area contributed by atoms with Crippen LogP contribution < -0.4 is 10.5 Å². The average Bonchev–Trinajstić information content (AvgIpc) is 2.28. The number of hydrogen-bond donors (Lipinski definition) is 2. The Balaban J connectivity index is 1.98. The number of nitrogens with two attached hydrogens (primary N) is 1. The van der Waals surface area contributed by atoms with Crippen molar-refractivity contribution in [2.45, 2.75) is 39.2 Å². The highest BCUT2D eigenvalue weighted by molar-refractivity contribution is 5.94. The van der Waals surface area contributed by atoms with Crippen LogP contribution in [0, 0.1) is 17.2 Å². The Morgan fingerprint density at radius 3 is 2.17 bits per heavy atom. The molecule has 0 spiro atoms. The highest BCUT2D eigenvalue weighted by Gasteiger charge is 2.25.